The molecule has 0 aliphatic carbocycles. The van der Waals surface area contributed by atoms with Crippen LogP contribution in [-0.4, -0.2) is 19.5 Å². The monoisotopic (exact) mass is 397 g/mol. The lowest BCUT2D eigenvalue weighted by Gasteiger charge is -2.06. The van der Waals surface area contributed by atoms with Gasteiger partial charge in [-0.15, -0.1) is 0 Å². The van der Waals surface area contributed by atoms with Crippen LogP contribution in [0, 0.1) is 11.8 Å². The highest BCUT2D eigenvalue weighted by Gasteiger charge is 2.10. The van der Waals surface area contributed by atoms with Crippen LogP contribution in [0.1, 0.15) is 25.0 Å². The molecule has 0 spiro atoms. The summed E-state index contributed by atoms with van der Waals surface area (Å²) in [5.74, 6) is 5.58. The first-order valence-electron chi connectivity index (χ1n) is 8.48. The van der Waals surface area contributed by atoms with Crippen molar-refractivity contribution in [3.8, 4) is 23.0 Å². The van der Waals surface area contributed by atoms with Crippen molar-refractivity contribution in [1.82, 2.24) is 4.72 Å². The molecule has 0 aliphatic heterocycles. The van der Waals surface area contributed by atoms with Gasteiger partial charge in [-0.1, -0.05) is 36.1 Å². The third-order valence-corrected chi connectivity index (χ3v) is 4.34. The summed E-state index contributed by atoms with van der Waals surface area (Å²) in [5.41, 5.74) is 1.72. The van der Waals surface area contributed by atoms with Gasteiger partial charge in [-0.25, -0.2) is 8.93 Å². The van der Waals surface area contributed by atoms with Crippen molar-refractivity contribution in [2.75, 3.05) is 0 Å². The molecule has 7 heteroatoms. The Kier molecular flexibility index (Phi) is 5.77. The normalized spacial score (nSPS) is 12.4. The molecule has 28 heavy (non-hydrogen) atoms. The van der Waals surface area contributed by atoms with Crippen LogP contribution in [0.2, 0.25) is 0 Å². The van der Waals surface area contributed by atoms with Crippen LogP contribution in [0.5, 0.6) is 0 Å². The van der Waals surface area contributed by atoms with Crippen molar-refractivity contribution in [2.24, 2.45) is 0 Å². The molecule has 0 saturated heterocycles. The fraction of sp³-hybridized carbons (Fsp3) is 0.190. The zero-order chi connectivity index (χ0) is 20.3. The molecule has 0 bridgehead atoms. The molecule has 1 aromatic heterocycles. The van der Waals surface area contributed by atoms with Crippen molar-refractivity contribution >= 4 is 22.2 Å². The van der Waals surface area contributed by atoms with Crippen LogP contribution < -0.4 is 10.2 Å². The SMILES string of the molecule is CC(C)(O)C#Cc1ccc2c(=O)c(-c3ccc(CNS(=O)O)cc3)coc2c1. The molecule has 2 aromatic carbocycles. The summed E-state index contributed by atoms with van der Waals surface area (Å²) in [7, 11) is 0. The first-order valence-corrected chi connectivity index (χ1v) is 9.58. The minimum Gasteiger partial charge on any atom is -0.463 e. The second-order valence-electron chi connectivity index (χ2n) is 6.77. The van der Waals surface area contributed by atoms with Gasteiger partial charge in [0, 0.05) is 12.1 Å². The number of hydrogen-bond acceptors (Lipinski definition) is 4. The van der Waals surface area contributed by atoms with Crippen LogP contribution in [0.3, 0.4) is 0 Å². The Balaban J connectivity index is 1.93. The van der Waals surface area contributed by atoms with E-state index in [-0.39, 0.29) is 12.0 Å². The molecule has 3 aromatic rings. The predicted molar refractivity (Wildman–Crippen MR) is 109 cm³/mol. The van der Waals surface area contributed by atoms with E-state index in [0.29, 0.717) is 27.7 Å². The average Bonchev–Trinajstić information content (AvgIpc) is 2.65. The first-order chi connectivity index (χ1) is 13.2. The number of aliphatic hydroxyl groups is 1. The smallest absolute Gasteiger partial charge is 0.232 e. The number of fused-ring (bicyclic) bond motifs is 1. The fourth-order valence-electron chi connectivity index (χ4n) is 2.58. The molecular formula is C21H19NO5S. The Hall–Kier alpha value is -2.76. The quantitative estimate of drug-likeness (QED) is 0.464. The van der Waals surface area contributed by atoms with Gasteiger partial charge in [0.1, 0.15) is 17.4 Å². The minimum absolute atomic E-state index is 0.161. The minimum atomic E-state index is -2.07. The van der Waals surface area contributed by atoms with E-state index in [1.807, 2.05) is 0 Å². The van der Waals surface area contributed by atoms with Gasteiger partial charge < -0.3 is 9.52 Å². The molecule has 1 atom stereocenters. The van der Waals surface area contributed by atoms with Gasteiger partial charge >= 0.3 is 0 Å². The molecule has 1 unspecified atom stereocenters. The highest BCUT2D eigenvalue weighted by atomic mass is 32.2. The van der Waals surface area contributed by atoms with Crippen LogP contribution in [0.15, 0.2) is 57.9 Å². The van der Waals surface area contributed by atoms with Gasteiger partial charge in [0.15, 0.2) is 5.43 Å². The van der Waals surface area contributed by atoms with E-state index in [1.165, 1.54) is 6.26 Å². The zero-order valence-electron chi connectivity index (χ0n) is 15.4. The van der Waals surface area contributed by atoms with E-state index < -0.39 is 16.9 Å². The molecule has 3 N–H and O–H groups in total. The summed E-state index contributed by atoms with van der Waals surface area (Å²) < 4.78 is 27.5. The van der Waals surface area contributed by atoms with E-state index in [1.54, 1.807) is 56.3 Å². The summed E-state index contributed by atoms with van der Waals surface area (Å²) in [6.07, 6.45) is 1.41. The topological polar surface area (TPSA) is 99.8 Å². The van der Waals surface area contributed by atoms with Crippen molar-refractivity contribution in [1.29, 1.82) is 0 Å². The summed E-state index contributed by atoms with van der Waals surface area (Å²) in [6.45, 7) is 3.43. The highest BCUT2D eigenvalue weighted by Crippen LogP contribution is 2.21. The Morgan fingerprint density at radius 3 is 2.54 bits per heavy atom. The van der Waals surface area contributed by atoms with Gasteiger partial charge in [0.2, 0.25) is 11.3 Å². The van der Waals surface area contributed by atoms with Gasteiger partial charge in [0.05, 0.1) is 10.9 Å². The van der Waals surface area contributed by atoms with E-state index in [0.717, 1.165) is 5.56 Å². The number of hydrogen-bond donors (Lipinski definition) is 3. The summed E-state index contributed by atoms with van der Waals surface area (Å²) >= 11 is -2.07. The predicted octanol–water partition coefficient (Wildman–Crippen LogP) is 2.81. The van der Waals surface area contributed by atoms with Crippen LogP contribution >= 0.6 is 0 Å². The van der Waals surface area contributed by atoms with Crippen molar-refractivity contribution < 1.29 is 18.3 Å². The molecule has 0 fully saturated rings. The molecule has 3 rings (SSSR count). The maximum atomic E-state index is 12.8. The maximum absolute atomic E-state index is 12.8. The Morgan fingerprint density at radius 1 is 1.18 bits per heavy atom. The summed E-state index contributed by atoms with van der Waals surface area (Å²) in [5, 5.41) is 10.1. The molecule has 1 heterocycles. The molecule has 0 saturated carbocycles. The Bertz CT molecular complexity index is 1150. The largest absolute Gasteiger partial charge is 0.463 e. The van der Waals surface area contributed by atoms with Gasteiger partial charge in [-0.05, 0) is 43.2 Å². The second-order valence-corrected chi connectivity index (χ2v) is 7.55. The lowest BCUT2D eigenvalue weighted by molar-refractivity contribution is 0.143. The second kappa shape index (κ2) is 8.09. The maximum Gasteiger partial charge on any atom is 0.232 e. The molecule has 0 aliphatic rings. The van der Waals surface area contributed by atoms with Gasteiger partial charge in [0.25, 0.3) is 0 Å². The lowest BCUT2D eigenvalue weighted by atomic mass is 10.0. The molecular weight excluding hydrogens is 378 g/mol. The summed E-state index contributed by atoms with van der Waals surface area (Å²) in [6, 6.07) is 12.1. The van der Waals surface area contributed by atoms with Crippen LogP contribution in [-0.2, 0) is 17.8 Å². The van der Waals surface area contributed by atoms with E-state index >= 15 is 0 Å². The van der Waals surface area contributed by atoms with Crippen molar-refractivity contribution in [3.05, 3.63) is 70.1 Å². The average molecular weight is 397 g/mol. The fourth-order valence-corrected chi connectivity index (χ4v) is 2.87. The molecule has 144 valence electrons. The molecule has 6 nitrogen and oxygen atoms in total. The van der Waals surface area contributed by atoms with Gasteiger partial charge in [-0.3, -0.25) is 9.35 Å². The van der Waals surface area contributed by atoms with Crippen molar-refractivity contribution in [2.45, 2.75) is 26.0 Å². The summed E-state index contributed by atoms with van der Waals surface area (Å²) in [4.78, 5) is 12.8. The van der Waals surface area contributed by atoms with Crippen LogP contribution in [0.25, 0.3) is 22.1 Å². The van der Waals surface area contributed by atoms with Gasteiger partial charge in [-0.2, -0.15) is 0 Å². The van der Waals surface area contributed by atoms with Crippen LogP contribution in [0.4, 0.5) is 0 Å². The third kappa shape index (κ3) is 4.94. The zero-order valence-corrected chi connectivity index (χ0v) is 16.2. The number of benzene rings is 2. The lowest BCUT2D eigenvalue weighted by Crippen LogP contribution is -2.15. The van der Waals surface area contributed by atoms with Crippen molar-refractivity contribution in [3.63, 3.8) is 0 Å². The van der Waals surface area contributed by atoms with E-state index in [9.17, 15) is 14.1 Å². The highest BCUT2D eigenvalue weighted by molar-refractivity contribution is 7.77. The number of rotatable bonds is 4. The molecule has 0 radical (unpaired) electrons. The molecule has 0 amide bonds. The Labute approximate surface area is 164 Å². The number of nitrogens with one attached hydrogen (secondary N) is 1. The van der Waals surface area contributed by atoms with E-state index in [4.69, 9.17) is 8.97 Å². The van der Waals surface area contributed by atoms with E-state index in [2.05, 4.69) is 16.6 Å². The Morgan fingerprint density at radius 2 is 1.89 bits per heavy atom. The first kappa shape index (κ1) is 20.0. The standard InChI is InChI=1S/C21H19NO5S/c1-21(2,24)10-9-14-5-8-17-19(11-14)27-13-18(20(17)23)16-6-3-15(4-7-16)12-22-28(25)26/h3-8,11,13,22,24H,12H2,1-2H3,(H,25,26). The third-order valence-electron chi connectivity index (χ3n) is 3.95.